The average molecular weight is 329 g/mol. The molecule has 1 unspecified atom stereocenters. The smallest absolute Gasteiger partial charge is 0.207 e. The molecule has 0 amide bonds. The molecule has 122 valence electrons. The van der Waals surface area contributed by atoms with Crippen LogP contribution in [-0.4, -0.2) is 25.3 Å². The third-order valence-corrected chi connectivity index (χ3v) is 6.62. The lowest BCUT2D eigenvalue weighted by Crippen LogP contribution is -2.41. The Morgan fingerprint density at radius 2 is 1.48 bits per heavy atom. The number of piperidine rings is 1. The van der Waals surface area contributed by atoms with Crippen molar-refractivity contribution >= 4 is 10.0 Å². The predicted molar refractivity (Wildman–Crippen MR) is 93.8 cm³/mol. The van der Waals surface area contributed by atoms with E-state index in [0.29, 0.717) is 11.4 Å². The summed E-state index contributed by atoms with van der Waals surface area (Å²) >= 11 is 0. The minimum absolute atomic E-state index is 0.0884. The fourth-order valence-corrected chi connectivity index (χ4v) is 4.83. The normalized spacial score (nSPS) is 19.7. The number of hydrogen-bond donors (Lipinski definition) is 0. The van der Waals surface area contributed by atoms with Gasteiger partial charge in [0.2, 0.25) is 10.0 Å². The van der Waals surface area contributed by atoms with Crippen LogP contribution in [0.25, 0.3) is 11.1 Å². The summed E-state index contributed by atoms with van der Waals surface area (Å²) in [4.78, 5) is 0.391. The molecule has 0 aromatic heterocycles. The minimum atomic E-state index is -3.38. The Morgan fingerprint density at radius 3 is 2.04 bits per heavy atom. The summed E-state index contributed by atoms with van der Waals surface area (Å²) < 4.78 is 27.3. The minimum Gasteiger partial charge on any atom is -0.207 e. The molecule has 23 heavy (non-hydrogen) atoms. The van der Waals surface area contributed by atoms with Crippen molar-refractivity contribution < 1.29 is 8.42 Å². The van der Waals surface area contributed by atoms with Crippen molar-refractivity contribution in [3.8, 4) is 11.1 Å². The second-order valence-corrected chi connectivity index (χ2v) is 8.24. The van der Waals surface area contributed by atoms with Gasteiger partial charge in [-0.2, -0.15) is 4.31 Å². The average Bonchev–Trinajstić information content (AvgIpc) is 2.56. The van der Waals surface area contributed by atoms with Gasteiger partial charge < -0.3 is 0 Å². The zero-order valence-corrected chi connectivity index (χ0v) is 14.5. The molecule has 3 rings (SSSR count). The van der Waals surface area contributed by atoms with Crippen molar-refractivity contribution in [1.29, 1.82) is 0 Å². The Morgan fingerprint density at radius 1 is 0.913 bits per heavy atom. The third kappa shape index (κ3) is 3.33. The highest BCUT2D eigenvalue weighted by molar-refractivity contribution is 7.89. The van der Waals surface area contributed by atoms with Crippen LogP contribution in [0.5, 0.6) is 0 Å². The zero-order valence-electron chi connectivity index (χ0n) is 13.7. The van der Waals surface area contributed by atoms with Crippen LogP contribution in [-0.2, 0) is 10.0 Å². The van der Waals surface area contributed by atoms with Gasteiger partial charge in [0, 0.05) is 12.6 Å². The second-order valence-electron chi connectivity index (χ2n) is 6.35. The van der Waals surface area contributed by atoms with Crippen molar-refractivity contribution in [3.63, 3.8) is 0 Å². The number of aryl methyl sites for hydroxylation is 1. The summed E-state index contributed by atoms with van der Waals surface area (Å²) in [6.07, 6.45) is 3.01. The molecule has 2 aromatic carbocycles. The van der Waals surface area contributed by atoms with Crippen LogP contribution in [0.3, 0.4) is 0 Å². The maximum atomic E-state index is 12.8. The van der Waals surface area contributed by atoms with Crippen molar-refractivity contribution in [3.05, 3.63) is 54.1 Å². The van der Waals surface area contributed by atoms with Crippen molar-refractivity contribution in [2.45, 2.75) is 44.0 Å². The van der Waals surface area contributed by atoms with E-state index in [-0.39, 0.29) is 6.04 Å². The summed E-state index contributed by atoms with van der Waals surface area (Å²) in [7, 11) is -3.38. The Kier molecular flexibility index (Phi) is 4.55. The molecule has 1 aliphatic rings. The molecule has 0 spiro atoms. The molecule has 0 aliphatic carbocycles. The van der Waals surface area contributed by atoms with E-state index in [2.05, 4.69) is 31.2 Å². The van der Waals surface area contributed by atoms with Gasteiger partial charge in [-0.25, -0.2) is 8.42 Å². The maximum absolute atomic E-state index is 12.8. The maximum Gasteiger partial charge on any atom is 0.243 e. The van der Waals surface area contributed by atoms with Gasteiger partial charge in [-0.15, -0.1) is 0 Å². The van der Waals surface area contributed by atoms with Gasteiger partial charge >= 0.3 is 0 Å². The van der Waals surface area contributed by atoms with Gasteiger partial charge in [0.05, 0.1) is 4.90 Å². The highest BCUT2D eigenvalue weighted by Gasteiger charge is 2.30. The van der Waals surface area contributed by atoms with Crippen molar-refractivity contribution in [2.24, 2.45) is 0 Å². The molecule has 3 nitrogen and oxygen atoms in total. The van der Waals surface area contributed by atoms with E-state index in [9.17, 15) is 8.42 Å². The molecule has 0 saturated carbocycles. The van der Waals surface area contributed by atoms with Crippen molar-refractivity contribution in [2.75, 3.05) is 6.54 Å². The van der Waals surface area contributed by atoms with Gasteiger partial charge in [0.15, 0.2) is 0 Å². The van der Waals surface area contributed by atoms with E-state index in [0.717, 1.165) is 30.4 Å². The lowest BCUT2D eigenvalue weighted by Gasteiger charge is -2.32. The molecule has 2 aromatic rings. The fraction of sp³-hybridized carbons (Fsp3) is 0.368. The summed E-state index contributed by atoms with van der Waals surface area (Å²) in [6, 6.07) is 15.6. The van der Waals surface area contributed by atoms with Crippen LogP contribution in [0, 0.1) is 6.92 Å². The molecule has 0 radical (unpaired) electrons. The van der Waals surface area contributed by atoms with Gasteiger partial charge in [0.1, 0.15) is 0 Å². The van der Waals surface area contributed by atoms with Crippen LogP contribution >= 0.6 is 0 Å². The van der Waals surface area contributed by atoms with Crippen LogP contribution in [0.1, 0.15) is 31.7 Å². The Bertz CT molecular complexity index is 764. The van der Waals surface area contributed by atoms with Gasteiger partial charge in [-0.3, -0.25) is 0 Å². The zero-order chi connectivity index (χ0) is 16.4. The highest BCUT2D eigenvalue weighted by Crippen LogP contribution is 2.27. The first kappa shape index (κ1) is 16.2. The molecular formula is C19H23NO2S. The van der Waals surface area contributed by atoms with E-state index in [1.807, 2.05) is 19.1 Å². The quantitative estimate of drug-likeness (QED) is 0.845. The first-order valence-corrected chi connectivity index (χ1v) is 9.61. The molecular weight excluding hydrogens is 306 g/mol. The standard InChI is InChI=1S/C19H23NO2S/c1-15-6-8-17(9-7-15)18-10-12-19(13-11-18)23(21,22)20-14-4-3-5-16(20)2/h6-13,16H,3-5,14H2,1-2H3. The molecule has 0 N–H and O–H groups in total. The van der Waals surface area contributed by atoms with E-state index < -0.39 is 10.0 Å². The van der Waals surface area contributed by atoms with Crippen LogP contribution < -0.4 is 0 Å². The molecule has 1 atom stereocenters. The first-order valence-electron chi connectivity index (χ1n) is 8.17. The molecule has 0 bridgehead atoms. The first-order chi connectivity index (χ1) is 11.0. The summed E-state index contributed by atoms with van der Waals surface area (Å²) in [5.74, 6) is 0. The van der Waals surface area contributed by atoms with Crippen LogP contribution in [0.2, 0.25) is 0 Å². The van der Waals surface area contributed by atoms with Crippen LogP contribution in [0.4, 0.5) is 0 Å². The fourth-order valence-electron chi connectivity index (χ4n) is 3.13. The summed E-state index contributed by atoms with van der Waals surface area (Å²) in [5, 5.41) is 0. The van der Waals surface area contributed by atoms with Gasteiger partial charge in [-0.05, 0) is 49.9 Å². The highest BCUT2D eigenvalue weighted by atomic mass is 32.2. The van der Waals surface area contributed by atoms with E-state index in [1.54, 1.807) is 16.4 Å². The SMILES string of the molecule is Cc1ccc(-c2ccc(S(=O)(=O)N3CCCCC3C)cc2)cc1. The monoisotopic (exact) mass is 329 g/mol. The number of sulfonamides is 1. The van der Waals surface area contributed by atoms with E-state index in [4.69, 9.17) is 0 Å². The number of benzene rings is 2. The molecule has 1 saturated heterocycles. The van der Waals surface area contributed by atoms with Gasteiger partial charge in [0.25, 0.3) is 0 Å². The molecule has 1 heterocycles. The molecule has 4 heteroatoms. The van der Waals surface area contributed by atoms with Gasteiger partial charge in [-0.1, -0.05) is 48.4 Å². The lowest BCUT2D eigenvalue weighted by molar-refractivity contribution is 0.268. The Labute approximate surface area is 139 Å². The topological polar surface area (TPSA) is 37.4 Å². The number of rotatable bonds is 3. The summed E-state index contributed by atoms with van der Waals surface area (Å²) in [5.41, 5.74) is 3.36. The Hall–Kier alpha value is -1.65. The molecule has 1 aliphatic heterocycles. The van der Waals surface area contributed by atoms with E-state index in [1.165, 1.54) is 5.56 Å². The van der Waals surface area contributed by atoms with E-state index >= 15 is 0 Å². The molecule has 1 fully saturated rings. The van der Waals surface area contributed by atoms with Crippen LogP contribution in [0.15, 0.2) is 53.4 Å². The third-order valence-electron chi connectivity index (χ3n) is 4.59. The number of hydrogen-bond acceptors (Lipinski definition) is 2. The number of nitrogens with zero attached hydrogens (tertiary/aromatic N) is 1. The predicted octanol–water partition coefficient (Wildman–Crippen LogP) is 4.23. The lowest BCUT2D eigenvalue weighted by atomic mass is 10.0. The largest absolute Gasteiger partial charge is 0.243 e. The van der Waals surface area contributed by atoms with Crippen molar-refractivity contribution in [1.82, 2.24) is 4.31 Å². The summed E-state index contributed by atoms with van der Waals surface area (Å²) in [6.45, 7) is 4.68. The second kappa shape index (κ2) is 6.46. The Balaban J connectivity index is 1.88.